The van der Waals surface area contributed by atoms with Gasteiger partial charge in [-0.15, -0.1) is 0 Å². The first-order chi connectivity index (χ1) is 10.2. The Hall–Kier alpha value is -2.07. The summed E-state index contributed by atoms with van der Waals surface area (Å²) >= 11 is 0. The first-order valence-corrected chi connectivity index (χ1v) is 7.28. The fraction of sp³-hybridized carbons (Fsp3) is 0.353. The largest absolute Gasteiger partial charge is 0.467 e. The normalized spacial score (nSPS) is 13.6. The van der Waals surface area contributed by atoms with E-state index in [1.54, 1.807) is 6.26 Å². The topological polar surface area (TPSA) is 68.3 Å². The summed E-state index contributed by atoms with van der Waals surface area (Å²) in [4.78, 5) is 12.1. The van der Waals surface area contributed by atoms with Gasteiger partial charge < -0.3 is 15.5 Å². The summed E-state index contributed by atoms with van der Waals surface area (Å²) in [5.41, 5.74) is 6.59. The number of hydrogen-bond acceptors (Lipinski definition) is 3. The van der Waals surface area contributed by atoms with Crippen LogP contribution in [0.3, 0.4) is 0 Å². The van der Waals surface area contributed by atoms with Gasteiger partial charge in [0.25, 0.3) is 0 Å². The van der Waals surface area contributed by atoms with Crippen molar-refractivity contribution in [2.24, 2.45) is 11.7 Å². The number of hydrogen-bond donors (Lipinski definition) is 2. The van der Waals surface area contributed by atoms with Crippen molar-refractivity contribution >= 4 is 5.91 Å². The Bertz CT molecular complexity index is 537. The molecule has 4 nitrogen and oxygen atoms in total. The fourth-order valence-corrected chi connectivity index (χ4v) is 2.15. The van der Waals surface area contributed by atoms with E-state index in [-0.39, 0.29) is 11.9 Å². The van der Waals surface area contributed by atoms with Crippen molar-refractivity contribution in [3.8, 4) is 0 Å². The minimum atomic E-state index is -0.248. The molecule has 112 valence electrons. The molecule has 4 heteroatoms. The summed E-state index contributed by atoms with van der Waals surface area (Å²) < 4.78 is 5.46. The predicted octanol–water partition coefficient (Wildman–Crippen LogP) is 2.86. The minimum Gasteiger partial charge on any atom is -0.467 e. The summed E-state index contributed by atoms with van der Waals surface area (Å²) in [7, 11) is 0. The molecule has 1 heterocycles. The molecular weight excluding hydrogens is 264 g/mol. The lowest BCUT2D eigenvalue weighted by molar-refractivity contribution is -0.122. The van der Waals surface area contributed by atoms with Crippen molar-refractivity contribution in [1.29, 1.82) is 0 Å². The Morgan fingerprint density at radius 3 is 2.62 bits per heavy atom. The highest BCUT2D eigenvalue weighted by atomic mass is 16.3. The van der Waals surface area contributed by atoms with E-state index in [9.17, 15) is 4.79 Å². The highest BCUT2D eigenvalue weighted by Gasteiger charge is 2.19. The van der Waals surface area contributed by atoms with Crippen LogP contribution in [0.4, 0.5) is 0 Å². The van der Waals surface area contributed by atoms with Gasteiger partial charge >= 0.3 is 0 Å². The SMILES string of the molecule is CC(CN)CCC(=O)NC(c1ccccc1)c1ccco1. The molecule has 0 saturated heterocycles. The van der Waals surface area contributed by atoms with Gasteiger partial charge in [0, 0.05) is 6.42 Å². The second-order valence-electron chi connectivity index (χ2n) is 5.31. The second-order valence-corrected chi connectivity index (χ2v) is 5.31. The van der Waals surface area contributed by atoms with E-state index in [4.69, 9.17) is 10.2 Å². The maximum atomic E-state index is 12.1. The van der Waals surface area contributed by atoms with Crippen molar-refractivity contribution in [2.75, 3.05) is 6.54 Å². The lowest BCUT2D eigenvalue weighted by Gasteiger charge is -2.18. The summed E-state index contributed by atoms with van der Waals surface area (Å²) in [5.74, 6) is 1.11. The monoisotopic (exact) mass is 286 g/mol. The van der Waals surface area contributed by atoms with Crippen LogP contribution in [0.25, 0.3) is 0 Å². The van der Waals surface area contributed by atoms with Crippen LogP contribution < -0.4 is 11.1 Å². The third-order valence-electron chi connectivity index (χ3n) is 3.53. The van der Waals surface area contributed by atoms with Crippen molar-refractivity contribution < 1.29 is 9.21 Å². The quantitative estimate of drug-likeness (QED) is 0.822. The lowest BCUT2D eigenvalue weighted by Crippen LogP contribution is -2.29. The predicted molar refractivity (Wildman–Crippen MR) is 82.6 cm³/mol. The van der Waals surface area contributed by atoms with E-state index >= 15 is 0 Å². The Morgan fingerprint density at radius 1 is 1.24 bits per heavy atom. The number of amides is 1. The van der Waals surface area contributed by atoms with Crippen molar-refractivity contribution in [1.82, 2.24) is 5.32 Å². The number of carbonyl (C=O) groups excluding carboxylic acids is 1. The van der Waals surface area contributed by atoms with Gasteiger partial charge in [0.15, 0.2) is 0 Å². The van der Waals surface area contributed by atoms with Gasteiger partial charge in [-0.2, -0.15) is 0 Å². The van der Waals surface area contributed by atoms with Gasteiger partial charge in [0.2, 0.25) is 5.91 Å². The molecular formula is C17H22N2O2. The molecule has 2 aromatic rings. The zero-order valence-corrected chi connectivity index (χ0v) is 12.3. The van der Waals surface area contributed by atoms with E-state index in [0.29, 0.717) is 18.9 Å². The average Bonchev–Trinajstić information content (AvgIpc) is 3.05. The Balaban J connectivity index is 2.05. The number of furan rings is 1. The third-order valence-corrected chi connectivity index (χ3v) is 3.53. The molecule has 2 rings (SSSR count). The molecule has 0 aliphatic carbocycles. The molecule has 2 unspecified atom stereocenters. The summed E-state index contributed by atoms with van der Waals surface area (Å²) in [6.45, 7) is 2.65. The molecule has 0 bridgehead atoms. The standard InChI is InChI=1S/C17H22N2O2/c1-13(12-18)9-10-16(20)19-17(15-8-5-11-21-15)14-6-3-2-4-7-14/h2-8,11,13,17H,9-10,12,18H2,1H3,(H,19,20). The molecule has 1 aromatic heterocycles. The highest BCUT2D eigenvalue weighted by Crippen LogP contribution is 2.22. The number of benzene rings is 1. The number of carbonyl (C=O) groups is 1. The first-order valence-electron chi connectivity index (χ1n) is 7.28. The number of rotatable bonds is 7. The van der Waals surface area contributed by atoms with Crippen LogP contribution >= 0.6 is 0 Å². The molecule has 1 amide bonds. The smallest absolute Gasteiger partial charge is 0.220 e. The Labute approximate surface area is 125 Å². The Kier molecular flexibility index (Phi) is 5.58. The van der Waals surface area contributed by atoms with E-state index in [0.717, 1.165) is 17.7 Å². The van der Waals surface area contributed by atoms with Crippen LogP contribution in [0.5, 0.6) is 0 Å². The van der Waals surface area contributed by atoms with Crippen LogP contribution in [-0.4, -0.2) is 12.5 Å². The molecule has 0 saturated carbocycles. The van der Waals surface area contributed by atoms with Gasteiger partial charge in [0.1, 0.15) is 11.8 Å². The van der Waals surface area contributed by atoms with Crippen LogP contribution in [0.15, 0.2) is 53.1 Å². The van der Waals surface area contributed by atoms with Gasteiger partial charge in [-0.3, -0.25) is 4.79 Å². The average molecular weight is 286 g/mol. The van der Waals surface area contributed by atoms with Gasteiger partial charge in [0.05, 0.1) is 6.26 Å². The highest BCUT2D eigenvalue weighted by molar-refractivity contribution is 5.76. The van der Waals surface area contributed by atoms with Crippen LogP contribution in [0.1, 0.15) is 37.1 Å². The molecule has 3 N–H and O–H groups in total. The van der Waals surface area contributed by atoms with E-state index in [2.05, 4.69) is 12.2 Å². The number of nitrogens with one attached hydrogen (secondary N) is 1. The maximum absolute atomic E-state index is 12.1. The molecule has 0 spiro atoms. The van der Waals surface area contributed by atoms with Crippen molar-refractivity contribution in [3.63, 3.8) is 0 Å². The first kappa shape index (κ1) is 15.3. The van der Waals surface area contributed by atoms with Crippen LogP contribution in [0, 0.1) is 5.92 Å². The second kappa shape index (κ2) is 7.64. The summed E-state index contributed by atoms with van der Waals surface area (Å²) in [5, 5.41) is 3.04. The fourth-order valence-electron chi connectivity index (χ4n) is 2.15. The lowest BCUT2D eigenvalue weighted by atomic mass is 10.0. The Morgan fingerprint density at radius 2 is 2.00 bits per heavy atom. The molecule has 1 aromatic carbocycles. The zero-order valence-electron chi connectivity index (χ0n) is 12.3. The van der Waals surface area contributed by atoms with Crippen LogP contribution in [-0.2, 0) is 4.79 Å². The summed E-state index contributed by atoms with van der Waals surface area (Å²) in [6, 6.07) is 13.3. The molecule has 0 radical (unpaired) electrons. The van der Waals surface area contributed by atoms with Crippen molar-refractivity contribution in [2.45, 2.75) is 25.8 Å². The molecule has 0 aliphatic heterocycles. The maximum Gasteiger partial charge on any atom is 0.220 e. The van der Waals surface area contributed by atoms with Crippen LogP contribution in [0.2, 0.25) is 0 Å². The zero-order chi connectivity index (χ0) is 15.1. The number of nitrogens with two attached hydrogens (primary N) is 1. The van der Waals surface area contributed by atoms with E-state index < -0.39 is 0 Å². The molecule has 0 fully saturated rings. The van der Waals surface area contributed by atoms with Crippen molar-refractivity contribution in [3.05, 3.63) is 60.1 Å². The third kappa shape index (κ3) is 4.46. The van der Waals surface area contributed by atoms with Gasteiger partial charge in [-0.05, 0) is 36.6 Å². The molecule has 0 aliphatic rings. The molecule has 21 heavy (non-hydrogen) atoms. The van der Waals surface area contributed by atoms with Gasteiger partial charge in [-0.1, -0.05) is 37.3 Å². The van der Waals surface area contributed by atoms with Gasteiger partial charge in [-0.25, -0.2) is 0 Å². The molecule has 2 atom stereocenters. The van der Waals surface area contributed by atoms with E-state index in [1.165, 1.54) is 0 Å². The minimum absolute atomic E-state index is 0.0144. The van der Waals surface area contributed by atoms with E-state index in [1.807, 2.05) is 42.5 Å². The summed E-state index contributed by atoms with van der Waals surface area (Å²) in [6.07, 6.45) is 2.89.